The van der Waals surface area contributed by atoms with E-state index >= 15 is 0 Å². The molecule has 0 bridgehead atoms. The fraction of sp³-hybridized carbons (Fsp3) is 0.222. The molecular weight excluding hydrogens is 401 g/mol. The van der Waals surface area contributed by atoms with E-state index in [0.717, 1.165) is 32.3 Å². The molecule has 2 atom stereocenters. The number of fused-ring (bicyclic) bond motifs is 3. The number of carbonyl (C=O) groups is 1. The number of rotatable bonds is 1. The molecule has 2 aliphatic rings. The van der Waals surface area contributed by atoms with Crippen LogP contribution in [-0.4, -0.2) is 16.1 Å². The predicted octanol–water partition coefficient (Wildman–Crippen LogP) is 3.85. The molecule has 23 heavy (non-hydrogen) atoms. The van der Waals surface area contributed by atoms with Crippen molar-refractivity contribution in [1.29, 1.82) is 0 Å². The van der Waals surface area contributed by atoms with Crippen molar-refractivity contribution >= 4 is 45.1 Å². The molecular formula is C18H14IN3O. The maximum atomic E-state index is 12.6. The number of hydrogen-bond acceptors (Lipinski definition) is 2. The summed E-state index contributed by atoms with van der Waals surface area (Å²) < 4.78 is 1.05. The molecule has 114 valence electrons. The summed E-state index contributed by atoms with van der Waals surface area (Å²) in [5.74, 6) is 0.379. The highest BCUT2D eigenvalue weighted by molar-refractivity contribution is 14.1. The highest BCUT2D eigenvalue weighted by Crippen LogP contribution is 2.65. The zero-order chi connectivity index (χ0) is 15.8. The van der Waals surface area contributed by atoms with Crippen LogP contribution in [0.4, 0.5) is 5.69 Å². The topological polar surface area (TPSA) is 57.8 Å². The lowest BCUT2D eigenvalue weighted by Crippen LogP contribution is -2.21. The van der Waals surface area contributed by atoms with Gasteiger partial charge in [-0.2, -0.15) is 5.10 Å². The second kappa shape index (κ2) is 4.35. The molecule has 0 radical (unpaired) electrons. The fourth-order valence-electron chi connectivity index (χ4n) is 3.92. The van der Waals surface area contributed by atoms with Gasteiger partial charge in [-0.05, 0) is 65.3 Å². The second-order valence-electron chi connectivity index (χ2n) is 6.55. The molecule has 5 heteroatoms. The number of aryl methyl sites for hydroxylation is 1. The molecule has 1 spiro atoms. The van der Waals surface area contributed by atoms with E-state index in [4.69, 9.17) is 0 Å². The third-order valence-electron chi connectivity index (χ3n) is 5.21. The highest BCUT2D eigenvalue weighted by atomic mass is 127. The van der Waals surface area contributed by atoms with E-state index in [-0.39, 0.29) is 17.2 Å². The maximum Gasteiger partial charge on any atom is 0.235 e. The molecule has 1 aliphatic carbocycles. The summed E-state index contributed by atoms with van der Waals surface area (Å²) in [5, 5.41) is 11.6. The Labute approximate surface area is 146 Å². The van der Waals surface area contributed by atoms with Crippen molar-refractivity contribution in [2.75, 3.05) is 5.32 Å². The lowest BCUT2D eigenvalue weighted by molar-refractivity contribution is -0.118. The van der Waals surface area contributed by atoms with Gasteiger partial charge < -0.3 is 5.32 Å². The first-order chi connectivity index (χ1) is 11.1. The molecule has 0 saturated heterocycles. The number of benzene rings is 2. The third-order valence-corrected chi connectivity index (χ3v) is 6.03. The minimum atomic E-state index is -0.376. The molecule has 1 fully saturated rings. The van der Waals surface area contributed by atoms with Gasteiger partial charge in [0.15, 0.2) is 0 Å². The van der Waals surface area contributed by atoms with Crippen molar-refractivity contribution in [3.8, 4) is 0 Å². The lowest BCUT2D eigenvalue weighted by atomic mass is 9.91. The van der Waals surface area contributed by atoms with Crippen LogP contribution in [0.2, 0.25) is 0 Å². The number of nitrogens with one attached hydrogen (secondary N) is 2. The van der Waals surface area contributed by atoms with Crippen LogP contribution in [0.5, 0.6) is 0 Å². The van der Waals surface area contributed by atoms with Crippen molar-refractivity contribution in [3.05, 3.63) is 56.8 Å². The number of hydrogen-bond donors (Lipinski definition) is 2. The van der Waals surface area contributed by atoms with E-state index in [9.17, 15) is 4.79 Å². The Bertz CT molecular complexity index is 993. The number of carbonyl (C=O) groups excluding carboxylic acids is 1. The average Bonchev–Trinajstić information content (AvgIpc) is 3.12. The molecule has 5 rings (SSSR count). The van der Waals surface area contributed by atoms with Crippen molar-refractivity contribution < 1.29 is 4.79 Å². The van der Waals surface area contributed by atoms with E-state index in [1.54, 1.807) is 0 Å². The second-order valence-corrected chi connectivity index (χ2v) is 7.62. The Morgan fingerprint density at radius 3 is 3.00 bits per heavy atom. The van der Waals surface area contributed by atoms with Crippen molar-refractivity contribution in [1.82, 2.24) is 10.2 Å². The number of anilines is 1. The fourth-order valence-corrected chi connectivity index (χ4v) is 4.50. The van der Waals surface area contributed by atoms with Crippen LogP contribution in [0, 0.1) is 10.6 Å². The van der Waals surface area contributed by atoms with Crippen molar-refractivity contribution in [2.24, 2.45) is 0 Å². The number of amides is 1. The Kier molecular flexibility index (Phi) is 2.56. The quantitative estimate of drug-likeness (QED) is 0.594. The van der Waals surface area contributed by atoms with E-state index < -0.39 is 0 Å². The summed E-state index contributed by atoms with van der Waals surface area (Å²) in [7, 11) is 0. The van der Waals surface area contributed by atoms with E-state index in [2.05, 4.69) is 69.3 Å². The van der Waals surface area contributed by atoms with E-state index in [1.165, 1.54) is 11.1 Å². The minimum Gasteiger partial charge on any atom is -0.325 e. The third kappa shape index (κ3) is 1.71. The Hall–Kier alpha value is -1.89. The van der Waals surface area contributed by atoms with Gasteiger partial charge >= 0.3 is 0 Å². The number of H-pyrrole nitrogens is 1. The Balaban J connectivity index is 1.62. The largest absolute Gasteiger partial charge is 0.325 e. The molecule has 3 aromatic rings. The molecule has 1 aromatic heterocycles. The van der Waals surface area contributed by atoms with Gasteiger partial charge in [-0.15, -0.1) is 0 Å². The summed E-state index contributed by atoms with van der Waals surface area (Å²) in [6, 6.07) is 12.6. The van der Waals surface area contributed by atoms with Gasteiger partial charge in [-0.3, -0.25) is 9.89 Å². The van der Waals surface area contributed by atoms with Gasteiger partial charge in [0.1, 0.15) is 3.70 Å². The minimum absolute atomic E-state index is 0.139. The standard InChI is InChI=1S/C18H14IN3O/c1-9-2-5-14-12(6-9)18(17(23)20-14)8-13(18)10-3-4-11-15(7-10)21-22-16(11)19/h2-7,13H,8H2,1H3,(H,20,23)(H,21,22). The maximum absolute atomic E-state index is 12.6. The van der Waals surface area contributed by atoms with E-state index in [1.807, 2.05) is 12.1 Å². The van der Waals surface area contributed by atoms with Gasteiger partial charge in [0, 0.05) is 17.0 Å². The smallest absolute Gasteiger partial charge is 0.235 e. The Morgan fingerprint density at radius 2 is 2.13 bits per heavy atom. The number of aromatic nitrogens is 2. The summed E-state index contributed by atoms with van der Waals surface area (Å²) in [5.41, 5.74) is 5.12. The summed E-state index contributed by atoms with van der Waals surface area (Å²) in [6.07, 6.45) is 0.877. The van der Waals surface area contributed by atoms with Crippen molar-refractivity contribution in [3.63, 3.8) is 0 Å². The normalized spacial score (nSPS) is 25.0. The van der Waals surface area contributed by atoms with Crippen molar-refractivity contribution in [2.45, 2.75) is 24.7 Å². The molecule has 1 amide bonds. The van der Waals surface area contributed by atoms with Gasteiger partial charge in [-0.1, -0.05) is 23.8 Å². The molecule has 1 saturated carbocycles. The van der Waals surface area contributed by atoms with Crippen LogP contribution in [-0.2, 0) is 10.2 Å². The van der Waals surface area contributed by atoms with Crippen LogP contribution >= 0.6 is 22.6 Å². The highest BCUT2D eigenvalue weighted by Gasteiger charge is 2.65. The molecule has 1 aliphatic heterocycles. The first kappa shape index (κ1) is 13.5. The number of halogens is 1. The van der Waals surface area contributed by atoms with Crippen LogP contribution in [0.3, 0.4) is 0 Å². The monoisotopic (exact) mass is 415 g/mol. The first-order valence-electron chi connectivity index (χ1n) is 7.66. The average molecular weight is 415 g/mol. The zero-order valence-corrected chi connectivity index (χ0v) is 14.6. The summed E-state index contributed by atoms with van der Waals surface area (Å²) >= 11 is 2.25. The van der Waals surface area contributed by atoms with Gasteiger partial charge in [-0.25, -0.2) is 0 Å². The predicted molar refractivity (Wildman–Crippen MR) is 97.7 cm³/mol. The molecule has 4 nitrogen and oxygen atoms in total. The first-order valence-corrected chi connectivity index (χ1v) is 8.73. The SMILES string of the molecule is Cc1ccc2c(c1)C1(CC1c1ccc3c(I)[nH]nc3c1)C(=O)N2. The van der Waals surface area contributed by atoms with Crippen LogP contribution in [0.15, 0.2) is 36.4 Å². The number of aromatic amines is 1. The summed E-state index contributed by atoms with van der Waals surface area (Å²) in [4.78, 5) is 12.6. The zero-order valence-electron chi connectivity index (χ0n) is 12.5. The lowest BCUT2D eigenvalue weighted by Gasteiger charge is -2.09. The van der Waals surface area contributed by atoms with Crippen LogP contribution in [0.25, 0.3) is 10.9 Å². The van der Waals surface area contributed by atoms with Gasteiger partial charge in [0.25, 0.3) is 0 Å². The molecule has 2 aromatic carbocycles. The van der Waals surface area contributed by atoms with E-state index in [0.29, 0.717) is 0 Å². The molecule has 2 N–H and O–H groups in total. The van der Waals surface area contributed by atoms with Crippen LogP contribution in [0.1, 0.15) is 29.0 Å². The molecule has 2 unspecified atom stereocenters. The molecule has 2 heterocycles. The van der Waals surface area contributed by atoms with Gasteiger partial charge in [0.2, 0.25) is 5.91 Å². The van der Waals surface area contributed by atoms with Gasteiger partial charge in [0.05, 0.1) is 10.9 Å². The summed E-state index contributed by atoms with van der Waals surface area (Å²) in [6.45, 7) is 2.08. The Morgan fingerprint density at radius 1 is 1.26 bits per heavy atom. The number of nitrogens with zero attached hydrogens (tertiary/aromatic N) is 1. The van der Waals surface area contributed by atoms with Crippen LogP contribution < -0.4 is 5.32 Å².